The van der Waals surface area contributed by atoms with Crippen LogP contribution in [0.5, 0.6) is 5.75 Å². The molecule has 144 valence electrons. The standard InChI is InChI=1S/C21H17F2NO4/c1-13(27-20(26)17-8-4-5-9-18(17)28-21(22)23)19(25)24-16-11-10-14-6-2-3-7-15(14)12-16/h2-13,21H,1H3,(H,24,25)/t13-/m1/s1. The molecule has 3 aromatic rings. The molecule has 0 bridgehead atoms. The molecule has 0 spiro atoms. The SMILES string of the molecule is C[C@@H](OC(=O)c1ccccc1OC(F)F)C(=O)Nc1ccc2ccccc2c1. The van der Waals surface area contributed by atoms with Crippen LogP contribution in [0.3, 0.4) is 0 Å². The number of carbonyl (C=O) groups is 2. The van der Waals surface area contributed by atoms with Gasteiger partial charge in [-0.2, -0.15) is 8.78 Å². The summed E-state index contributed by atoms with van der Waals surface area (Å²) < 4.78 is 34.4. The van der Waals surface area contributed by atoms with Crippen LogP contribution >= 0.6 is 0 Å². The summed E-state index contributed by atoms with van der Waals surface area (Å²) in [4.78, 5) is 24.6. The van der Waals surface area contributed by atoms with Crippen LogP contribution in [0.25, 0.3) is 10.8 Å². The molecule has 3 aromatic carbocycles. The molecule has 3 rings (SSSR count). The van der Waals surface area contributed by atoms with Crippen molar-refractivity contribution in [3.8, 4) is 5.75 Å². The van der Waals surface area contributed by atoms with Crippen LogP contribution in [0.1, 0.15) is 17.3 Å². The number of halogens is 2. The first-order valence-corrected chi connectivity index (χ1v) is 8.48. The number of carbonyl (C=O) groups excluding carboxylic acids is 2. The van der Waals surface area contributed by atoms with Gasteiger partial charge in [0, 0.05) is 5.69 Å². The highest BCUT2D eigenvalue weighted by Crippen LogP contribution is 2.22. The molecule has 0 radical (unpaired) electrons. The topological polar surface area (TPSA) is 64.6 Å². The fraction of sp³-hybridized carbons (Fsp3) is 0.143. The zero-order valence-corrected chi connectivity index (χ0v) is 14.9. The van der Waals surface area contributed by atoms with Gasteiger partial charge in [0.05, 0.1) is 0 Å². The number of rotatable bonds is 6. The summed E-state index contributed by atoms with van der Waals surface area (Å²) in [5.41, 5.74) is 0.362. The van der Waals surface area contributed by atoms with Gasteiger partial charge in [0.2, 0.25) is 0 Å². The Morgan fingerprint density at radius 3 is 2.36 bits per heavy atom. The van der Waals surface area contributed by atoms with E-state index >= 15 is 0 Å². The summed E-state index contributed by atoms with van der Waals surface area (Å²) in [6.45, 7) is -1.69. The zero-order valence-electron chi connectivity index (χ0n) is 14.9. The third-order valence-electron chi connectivity index (χ3n) is 3.99. The molecule has 0 aromatic heterocycles. The Labute approximate surface area is 159 Å². The Morgan fingerprint density at radius 2 is 1.61 bits per heavy atom. The number of alkyl halides is 2. The van der Waals surface area contributed by atoms with Crippen molar-refractivity contribution in [3.63, 3.8) is 0 Å². The third-order valence-corrected chi connectivity index (χ3v) is 3.99. The van der Waals surface area contributed by atoms with Crippen molar-refractivity contribution in [1.82, 2.24) is 0 Å². The summed E-state index contributed by atoms with van der Waals surface area (Å²) in [6.07, 6.45) is -1.14. The molecule has 0 heterocycles. The average Bonchev–Trinajstić information content (AvgIpc) is 2.67. The third kappa shape index (κ3) is 4.62. The molecule has 1 atom stereocenters. The molecule has 7 heteroatoms. The van der Waals surface area contributed by atoms with Crippen LogP contribution in [0.4, 0.5) is 14.5 Å². The summed E-state index contributed by atoms with van der Waals surface area (Å²) in [5.74, 6) is -1.79. The number of anilines is 1. The van der Waals surface area contributed by atoms with Crippen LogP contribution in [-0.2, 0) is 9.53 Å². The van der Waals surface area contributed by atoms with Crippen molar-refractivity contribution < 1.29 is 27.8 Å². The first-order chi connectivity index (χ1) is 13.4. The Bertz CT molecular complexity index is 1010. The van der Waals surface area contributed by atoms with Gasteiger partial charge in [-0.3, -0.25) is 4.79 Å². The Kier molecular flexibility index (Phi) is 5.84. The number of amides is 1. The second kappa shape index (κ2) is 8.47. The molecule has 28 heavy (non-hydrogen) atoms. The lowest BCUT2D eigenvalue weighted by atomic mass is 10.1. The average molecular weight is 385 g/mol. The van der Waals surface area contributed by atoms with Gasteiger partial charge < -0.3 is 14.8 Å². The van der Waals surface area contributed by atoms with E-state index in [1.54, 1.807) is 12.1 Å². The fourth-order valence-electron chi connectivity index (χ4n) is 2.62. The van der Waals surface area contributed by atoms with Crippen molar-refractivity contribution in [3.05, 3.63) is 72.3 Å². The van der Waals surface area contributed by atoms with Gasteiger partial charge in [0.15, 0.2) is 6.10 Å². The Balaban J connectivity index is 1.67. The van der Waals surface area contributed by atoms with E-state index in [9.17, 15) is 18.4 Å². The van der Waals surface area contributed by atoms with Crippen LogP contribution < -0.4 is 10.1 Å². The molecule has 0 aliphatic carbocycles. The molecule has 0 saturated heterocycles. The number of nitrogens with one attached hydrogen (secondary N) is 1. The molecule has 5 nitrogen and oxygen atoms in total. The number of esters is 1. The maximum absolute atomic E-state index is 12.5. The van der Waals surface area contributed by atoms with E-state index in [0.29, 0.717) is 5.69 Å². The lowest BCUT2D eigenvalue weighted by molar-refractivity contribution is -0.123. The van der Waals surface area contributed by atoms with Gasteiger partial charge in [-0.15, -0.1) is 0 Å². The van der Waals surface area contributed by atoms with Gasteiger partial charge in [-0.1, -0.05) is 42.5 Å². The van der Waals surface area contributed by atoms with Crippen LogP contribution in [0.15, 0.2) is 66.7 Å². The summed E-state index contributed by atoms with van der Waals surface area (Å²) in [5, 5.41) is 4.64. The van der Waals surface area contributed by atoms with Gasteiger partial charge in [0.1, 0.15) is 11.3 Å². The zero-order chi connectivity index (χ0) is 20.1. The number of hydrogen-bond donors (Lipinski definition) is 1. The minimum absolute atomic E-state index is 0.187. The predicted octanol–water partition coefficient (Wildman–Crippen LogP) is 4.63. The van der Waals surface area contributed by atoms with Crippen LogP contribution in [0.2, 0.25) is 0 Å². The maximum Gasteiger partial charge on any atom is 0.387 e. The number of fused-ring (bicyclic) bond motifs is 1. The quantitative estimate of drug-likeness (QED) is 0.629. The van der Waals surface area contributed by atoms with E-state index in [0.717, 1.165) is 10.8 Å². The number of ether oxygens (including phenoxy) is 2. The van der Waals surface area contributed by atoms with Crippen molar-refractivity contribution in [2.45, 2.75) is 19.6 Å². The van der Waals surface area contributed by atoms with Gasteiger partial charge in [-0.05, 0) is 42.0 Å². The lowest BCUT2D eigenvalue weighted by Gasteiger charge is -2.15. The lowest BCUT2D eigenvalue weighted by Crippen LogP contribution is -2.30. The number of hydrogen-bond acceptors (Lipinski definition) is 4. The first kappa shape index (κ1) is 19.3. The smallest absolute Gasteiger partial charge is 0.387 e. The summed E-state index contributed by atoms with van der Waals surface area (Å²) >= 11 is 0. The molecular formula is C21H17F2NO4. The van der Waals surface area contributed by atoms with Crippen LogP contribution in [0, 0.1) is 0 Å². The molecule has 1 N–H and O–H groups in total. The highest BCUT2D eigenvalue weighted by atomic mass is 19.3. The maximum atomic E-state index is 12.5. The highest BCUT2D eigenvalue weighted by Gasteiger charge is 2.22. The van der Waals surface area contributed by atoms with Crippen molar-refractivity contribution in [2.24, 2.45) is 0 Å². The molecule has 1 amide bonds. The summed E-state index contributed by atoms with van der Waals surface area (Å²) in [6, 6.07) is 18.5. The molecule has 0 aliphatic rings. The molecule has 0 unspecified atom stereocenters. The van der Waals surface area contributed by atoms with E-state index in [4.69, 9.17) is 4.74 Å². The second-order valence-corrected chi connectivity index (χ2v) is 5.97. The highest BCUT2D eigenvalue weighted by molar-refractivity contribution is 5.99. The van der Waals surface area contributed by atoms with Crippen molar-refractivity contribution >= 4 is 28.3 Å². The van der Waals surface area contributed by atoms with Gasteiger partial charge in [-0.25, -0.2) is 4.79 Å². The number of benzene rings is 3. The molecule has 0 aliphatic heterocycles. The van der Waals surface area contributed by atoms with E-state index in [-0.39, 0.29) is 11.3 Å². The Hall–Kier alpha value is -3.48. The molecule has 0 saturated carbocycles. The Morgan fingerprint density at radius 1 is 0.929 bits per heavy atom. The molecular weight excluding hydrogens is 368 g/mol. The minimum Gasteiger partial charge on any atom is -0.449 e. The van der Waals surface area contributed by atoms with Gasteiger partial charge >= 0.3 is 12.6 Å². The van der Waals surface area contributed by atoms with Crippen molar-refractivity contribution in [2.75, 3.05) is 5.32 Å². The van der Waals surface area contributed by atoms with Gasteiger partial charge in [0.25, 0.3) is 5.91 Å². The molecule has 0 fully saturated rings. The van der Waals surface area contributed by atoms with E-state index in [1.807, 2.05) is 30.3 Å². The second-order valence-electron chi connectivity index (χ2n) is 5.97. The largest absolute Gasteiger partial charge is 0.449 e. The van der Waals surface area contributed by atoms with E-state index < -0.39 is 24.6 Å². The fourth-order valence-corrected chi connectivity index (χ4v) is 2.62. The minimum atomic E-state index is -3.08. The number of para-hydroxylation sites is 1. The van der Waals surface area contributed by atoms with E-state index in [1.165, 1.54) is 31.2 Å². The summed E-state index contributed by atoms with van der Waals surface area (Å²) in [7, 11) is 0. The van der Waals surface area contributed by atoms with E-state index in [2.05, 4.69) is 10.1 Å². The monoisotopic (exact) mass is 385 g/mol. The predicted molar refractivity (Wildman–Crippen MR) is 101 cm³/mol. The first-order valence-electron chi connectivity index (χ1n) is 8.48. The normalized spacial score (nSPS) is 11.9. The van der Waals surface area contributed by atoms with Crippen molar-refractivity contribution in [1.29, 1.82) is 0 Å². The van der Waals surface area contributed by atoms with Crippen LogP contribution in [-0.4, -0.2) is 24.6 Å².